The Morgan fingerprint density at radius 1 is 1.05 bits per heavy atom. The Bertz CT molecular complexity index is 847. The Kier molecular flexibility index (Phi) is 3.55. The van der Waals surface area contributed by atoms with Crippen molar-refractivity contribution >= 4 is 15.9 Å². The quantitative estimate of drug-likeness (QED) is 0.744. The van der Waals surface area contributed by atoms with Crippen LogP contribution in [0, 0.1) is 13.8 Å². The molecular formula is C17H15BrN2O. The lowest BCUT2D eigenvalue weighted by atomic mass is 10.1. The number of benzene rings is 2. The molecule has 0 saturated carbocycles. The first kappa shape index (κ1) is 13.9. The first-order valence-electron chi connectivity index (χ1n) is 6.71. The number of halogens is 1. The van der Waals surface area contributed by atoms with Gasteiger partial charge in [0.05, 0.1) is 11.4 Å². The molecule has 0 aliphatic heterocycles. The van der Waals surface area contributed by atoms with Crippen molar-refractivity contribution in [1.82, 2.24) is 9.78 Å². The van der Waals surface area contributed by atoms with Gasteiger partial charge in [-0.3, -0.25) is 9.89 Å². The Balaban J connectivity index is 2.20. The highest BCUT2D eigenvalue weighted by Gasteiger charge is 2.15. The van der Waals surface area contributed by atoms with E-state index in [1.54, 1.807) is 4.68 Å². The Hall–Kier alpha value is -2.07. The summed E-state index contributed by atoms with van der Waals surface area (Å²) in [6, 6.07) is 15.8. The van der Waals surface area contributed by atoms with Crippen molar-refractivity contribution in [3.8, 4) is 16.9 Å². The minimum atomic E-state index is -0.0826. The van der Waals surface area contributed by atoms with Gasteiger partial charge in [-0.25, -0.2) is 4.68 Å². The molecule has 0 aliphatic rings. The van der Waals surface area contributed by atoms with E-state index in [-0.39, 0.29) is 5.56 Å². The molecule has 4 heteroatoms. The number of nitrogens with one attached hydrogen (secondary N) is 1. The van der Waals surface area contributed by atoms with E-state index in [1.807, 2.05) is 56.3 Å². The first-order chi connectivity index (χ1) is 10.1. The van der Waals surface area contributed by atoms with Gasteiger partial charge in [0.1, 0.15) is 4.47 Å². The van der Waals surface area contributed by atoms with Crippen LogP contribution in [0.25, 0.3) is 16.9 Å². The smallest absolute Gasteiger partial charge is 0.286 e. The standard InChI is InChI=1S/C17H15BrN2O/c1-11-8-9-14(12(2)10-11)20-17(21)15(18)16(19-20)13-6-4-3-5-7-13/h3-10,19H,1-2H3. The van der Waals surface area contributed by atoms with Gasteiger partial charge in [-0.05, 0) is 41.4 Å². The number of rotatable bonds is 2. The molecule has 3 nitrogen and oxygen atoms in total. The van der Waals surface area contributed by atoms with Gasteiger partial charge in [-0.15, -0.1) is 0 Å². The topological polar surface area (TPSA) is 37.8 Å². The van der Waals surface area contributed by atoms with E-state index in [9.17, 15) is 4.79 Å². The maximum atomic E-state index is 12.5. The molecule has 1 aromatic heterocycles. The first-order valence-corrected chi connectivity index (χ1v) is 7.51. The minimum Gasteiger partial charge on any atom is -0.289 e. The van der Waals surface area contributed by atoms with Crippen LogP contribution in [0.4, 0.5) is 0 Å². The van der Waals surface area contributed by atoms with Gasteiger partial charge in [0, 0.05) is 5.56 Å². The van der Waals surface area contributed by atoms with Crippen LogP contribution in [0.2, 0.25) is 0 Å². The molecule has 106 valence electrons. The zero-order valence-corrected chi connectivity index (χ0v) is 13.4. The van der Waals surface area contributed by atoms with Crippen molar-refractivity contribution in [3.05, 3.63) is 74.5 Å². The van der Waals surface area contributed by atoms with Crippen molar-refractivity contribution in [2.24, 2.45) is 0 Å². The van der Waals surface area contributed by atoms with E-state index in [1.165, 1.54) is 5.56 Å². The molecule has 3 aromatic rings. The zero-order chi connectivity index (χ0) is 15.0. The summed E-state index contributed by atoms with van der Waals surface area (Å²) in [7, 11) is 0. The summed E-state index contributed by atoms with van der Waals surface area (Å²) in [5.41, 5.74) is 4.79. The molecular weight excluding hydrogens is 328 g/mol. The highest BCUT2D eigenvalue weighted by molar-refractivity contribution is 9.10. The average Bonchev–Trinajstić information content (AvgIpc) is 2.77. The van der Waals surface area contributed by atoms with Crippen LogP contribution < -0.4 is 5.56 Å². The summed E-state index contributed by atoms with van der Waals surface area (Å²) < 4.78 is 2.13. The minimum absolute atomic E-state index is 0.0826. The molecule has 1 heterocycles. The Morgan fingerprint density at radius 3 is 2.43 bits per heavy atom. The lowest BCUT2D eigenvalue weighted by molar-refractivity contribution is 0.844. The predicted molar refractivity (Wildman–Crippen MR) is 89.0 cm³/mol. The molecule has 0 spiro atoms. The number of hydrogen-bond acceptors (Lipinski definition) is 1. The number of H-pyrrole nitrogens is 1. The van der Waals surface area contributed by atoms with Crippen molar-refractivity contribution < 1.29 is 0 Å². The molecule has 0 unspecified atom stereocenters. The van der Waals surface area contributed by atoms with Gasteiger partial charge in [-0.2, -0.15) is 0 Å². The Morgan fingerprint density at radius 2 is 1.76 bits per heavy atom. The van der Waals surface area contributed by atoms with E-state index in [0.29, 0.717) is 4.47 Å². The number of hydrogen-bond donors (Lipinski definition) is 1. The molecule has 0 aliphatic carbocycles. The second kappa shape index (κ2) is 5.37. The van der Waals surface area contributed by atoms with Crippen molar-refractivity contribution in [3.63, 3.8) is 0 Å². The second-order valence-electron chi connectivity index (χ2n) is 5.10. The summed E-state index contributed by atoms with van der Waals surface area (Å²) in [5.74, 6) is 0. The maximum absolute atomic E-state index is 12.5. The van der Waals surface area contributed by atoms with E-state index >= 15 is 0 Å². The van der Waals surface area contributed by atoms with Crippen LogP contribution in [0.15, 0.2) is 57.8 Å². The highest BCUT2D eigenvalue weighted by atomic mass is 79.9. The largest absolute Gasteiger partial charge is 0.289 e. The predicted octanol–water partition coefficient (Wildman–Crippen LogP) is 4.21. The van der Waals surface area contributed by atoms with Crippen molar-refractivity contribution in [2.75, 3.05) is 0 Å². The Labute approximate surface area is 131 Å². The molecule has 0 fully saturated rings. The van der Waals surface area contributed by atoms with Gasteiger partial charge in [0.15, 0.2) is 0 Å². The van der Waals surface area contributed by atoms with E-state index < -0.39 is 0 Å². The normalized spacial score (nSPS) is 10.8. The summed E-state index contributed by atoms with van der Waals surface area (Å²) in [4.78, 5) is 12.5. The third-order valence-corrected chi connectivity index (χ3v) is 4.23. The third kappa shape index (κ3) is 2.47. The summed E-state index contributed by atoms with van der Waals surface area (Å²) in [6.07, 6.45) is 0. The van der Waals surface area contributed by atoms with Crippen LogP contribution in [0.3, 0.4) is 0 Å². The molecule has 3 rings (SSSR count). The molecule has 0 radical (unpaired) electrons. The van der Waals surface area contributed by atoms with Gasteiger partial charge in [0.25, 0.3) is 5.56 Å². The zero-order valence-electron chi connectivity index (χ0n) is 11.9. The SMILES string of the molecule is Cc1ccc(-n2[nH]c(-c3ccccc3)c(Br)c2=O)c(C)c1. The van der Waals surface area contributed by atoms with E-state index in [4.69, 9.17) is 0 Å². The fraction of sp³-hybridized carbons (Fsp3) is 0.118. The highest BCUT2D eigenvalue weighted by Crippen LogP contribution is 2.25. The van der Waals surface area contributed by atoms with Crippen LogP contribution in [0.5, 0.6) is 0 Å². The molecule has 2 aromatic carbocycles. The summed E-state index contributed by atoms with van der Waals surface area (Å²) >= 11 is 3.41. The van der Waals surface area contributed by atoms with Crippen LogP contribution >= 0.6 is 15.9 Å². The average molecular weight is 343 g/mol. The maximum Gasteiger partial charge on any atom is 0.286 e. The summed E-state index contributed by atoms with van der Waals surface area (Å²) in [5, 5.41) is 3.20. The fourth-order valence-corrected chi connectivity index (χ4v) is 2.93. The lowest BCUT2D eigenvalue weighted by Crippen LogP contribution is -2.15. The van der Waals surface area contributed by atoms with Gasteiger partial charge < -0.3 is 0 Å². The van der Waals surface area contributed by atoms with Crippen LogP contribution in [0.1, 0.15) is 11.1 Å². The fourth-order valence-electron chi connectivity index (χ4n) is 2.44. The molecule has 21 heavy (non-hydrogen) atoms. The third-order valence-electron chi connectivity index (χ3n) is 3.49. The number of aromatic amines is 1. The van der Waals surface area contributed by atoms with E-state index in [0.717, 1.165) is 22.5 Å². The van der Waals surface area contributed by atoms with Gasteiger partial charge in [-0.1, -0.05) is 48.0 Å². The van der Waals surface area contributed by atoms with Crippen LogP contribution in [-0.2, 0) is 0 Å². The van der Waals surface area contributed by atoms with Gasteiger partial charge >= 0.3 is 0 Å². The number of aromatic nitrogens is 2. The number of nitrogens with zero attached hydrogens (tertiary/aromatic N) is 1. The van der Waals surface area contributed by atoms with Crippen LogP contribution in [-0.4, -0.2) is 9.78 Å². The second-order valence-corrected chi connectivity index (χ2v) is 5.89. The van der Waals surface area contributed by atoms with Crippen molar-refractivity contribution in [2.45, 2.75) is 13.8 Å². The molecule has 0 bridgehead atoms. The van der Waals surface area contributed by atoms with E-state index in [2.05, 4.69) is 27.1 Å². The van der Waals surface area contributed by atoms with Crippen molar-refractivity contribution in [1.29, 1.82) is 0 Å². The molecule has 0 atom stereocenters. The molecule has 1 N–H and O–H groups in total. The monoisotopic (exact) mass is 342 g/mol. The summed E-state index contributed by atoms with van der Waals surface area (Å²) in [6.45, 7) is 4.05. The number of aryl methyl sites for hydroxylation is 2. The van der Waals surface area contributed by atoms with Gasteiger partial charge in [0.2, 0.25) is 0 Å². The molecule has 0 amide bonds. The lowest BCUT2D eigenvalue weighted by Gasteiger charge is -2.07. The molecule has 0 saturated heterocycles.